The van der Waals surface area contributed by atoms with Crippen LogP contribution in [0.5, 0.6) is 11.5 Å². The van der Waals surface area contributed by atoms with E-state index in [1.807, 2.05) is 0 Å². The highest BCUT2D eigenvalue weighted by molar-refractivity contribution is 5.30. The molecule has 0 unspecified atom stereocenters. The molecule has 0 aliphatic rings. The summed E-state index contributed by atoms with van der Waals surface area (Å²) in [5, 5.41) is 17.3. The van der Waals surface area contributed by atoms with E-state index in [1.165, 1.54) is 69.6 Å². The predicted octanol–water partition coefficient (Wildman–Crippen LogP) is 6.82. The Bertz CT molecular complexity index is 407. The van der Waals surface area contributed by atoms with Gasteiger partial charge in [0.15, 0.2) is 0 Å². The molecule has 146 valence electrons. The van der Waals surface area contributed by atoms with Crippen LogP contribution in [0.15, 0.2) is 24.3 Å². The summed E-state index contributed by atoms with van der Waals surface area (Å²) < 4.78 is 6.59. The first-order valence-corrected chi connectivity index (χ1v) is 9.92. The average molecular weight is 353 g/mol. The minimum Gasteiger partial charge on any atom is -0.508 e. The van der Waals surface area contributed by atoms with Crippen LogP contribution in [0.25, 0.3) is 0 Å². The molecule has 0 spiro atoms. The molecule has 2 N–H and O–H groups in total. The first-order chi connectivity index (χ1) is 11.7. The number of ether oxygens (including phenoxy) is 1. The summed E-state index contributed by atoms with van der Waals surface area (Å²) in [5.41, 5.74) is 0.172. The van der Waals surface area contributed by atoms with Gasteiger partial charge in [0.05, 0.1) is 11.2 Å². The number of phenolic OH excluding ortho intramolecular Hbond substituents is 2. The van der Waals surface area contributed by atoms with E-state index in [0.717, 1.165) is 0 Å². The van der Waals surface area contributed by atoms with Gasteiger partial charge in [0.2, 0.25) is 0 Å². The highest BCUT2D eigenvalue weighted by Crippen LogP contribution is 2.34. The standard InChI is InChI=1S/C16H34O.C6H6O2/c1-7-11-15(5,12-8-2)17-16(6,13-9-3)14-10-4;7-5-2-1-3-6(8)4-5/h7-14H2,1-6H3;1-4,7-8H. The van der Waals surface area contributed by atoms with E-state index in [-0.39, 0.29) is 22.7 Å². The second kappa shape index (κ2) is 12.2. The third-order valence-electron chi connectivity index (χ3n) is 4.44. The van der Waals surface area contributed by atoms with Gasteiger partial charge in [0.25, 0.3) is 0 Å². The molecule has 3 heteroatoms. The molecule has 25 heavy (non-hydrogen) atoms. The Morgan fingerprint density at radius 3 is 1.24 bits per heavy atom. The molecule has 0 bridgehead atoms. The van der Waals surface area contributed by atoms with Crippen molar-refractivity contribution >= 4 is 0 Å². The van der Waals surface area contributed by atoms with Crippen LogP contribution in [0.1, 0.15) is 92.9 Å². The Balaban J connectivity index is 0.000000593. The quantitative estimate of drug-likeness (QED) is 0.486. The molecule has 0 radical (unpaired) electrons. The summed E-state index contributed by atoms with van der Waals surface area (Å²) in [4.78, 5) is 0. The summed E-state index contributed by atoms with van der Waals surface area (Å²) in [5.74, 6) is 0.176. The second-order valence-electron chi connectivity index (χ2n) is 7.52. The van der Waals surface area contributed by atoms with E-state index in [1.54, 1.807) is 6.07 Å². The molecule has 0 saturated carbocycles. The molecular weight excluding hydrogens is 312 g/mol. The fourth-order valence-electron chi connectivity index (χ4n) is 3.66. The minimum absolute atomic E-state index is 0.0859. The summed E-state index contributed by atoms with van der Waals surface area (Å²) in [6.07, 6.45) is 9.59. The summed E-state index contributed by atoms with van der Waals surface area (Å²) in [7, 11) is 0. The lowest BCUT2D eigenvalue weighted by atomic mass is 9.89. The van der Waals surface area contributed by atoms with Crippen LogP contribution < -0.4 is 0 Å². The van der Waals surface area contributed by atoms with Crippen LogP contribution in [0.3, 0.4) is 0 Å². The van der Waals surface area contributed by atoms with Crippen molar-refractivity contribution in [1.29, 1.82) is 0 Å². The zero-order chi connectivity index (χ0) is 19.3. The van der Waals surface area contributed by atoms with E-state index in [9.17, 15) is 0 Å². The van der Waals surface area contributed by atoms with Crippen LogP contribution in [0.4, 0.5) is 0 Å². The van der Waals surface area contributed by atoms with E-state index in [0.29, 0.717) is 0 Å². The van der Waals surface area contributed by atoms with Crippen LogP contribution in [0, 0.1) is 0 Å². The van der Waals surface area contributed by atoms with Crippen molar-refractivity contribution in [3.63, 3.8) is 0 Å². The molecule has 0 amide bonds. The lowest BCUT2D eigenvalue weighted by Crippen LogP contribution is -2.41. The van der Waals surface area contributed by atoms with Gasteiger partial charge in [-0.05, 0) is 51.7 Å². The maximum Gasteiger partial charge on any atom is 0.119 e. The van der Waals surface area contributed by atoms with Gasteiger partial charge < -0.3 is 14.9 Å². The zero-order valence-electron chi connectivity index (χ0n) is 17.3. The van der Waals surface area contributed by atoms with Crippen LogP contribution in [0.2, 0.25) is 0 Å². The molecular formula is C22H40O3. The lowest BCUT2D eigenvalue weighted by Gasteiger charge is -2.41. The Labute approximate surface area is 155 Å². The zero-order valence-corrected chi connectivity index (χ0v) is 17.3. The van der Waals surface area contributed by atoms with Gasteiger partial charge in [-0.1, -0.05) is 59.4 Å². The smallest absolute Gasteiger partial charge is 0.119 e. The molecule has 1 aromatic rings. The van der Waals surface area contributed by atoms with Gasteiger partial charge in [-0.25, -0.2) is 0 Å². The molecule has 1 rings (SSSR count). The van der Waals surface area contributed by atoms with Crippen molar-refractivity contribution in [2.75, 3.05) is 0 Å². The number of benzene rings is 1. The van der Waals surface area contributed by atoms with Gasteiger partial charge in [-0.15, -0.1) is 0 Å². The molecule has 0 atom stereocenters. The number of aromatic hydroxyl groups is 2. The van der Waals surface area contributed by atoms with Gasteiger partial charge in [-0.2, -0.15) is 0 Å². The Kier molecular flexibility index (Phi) is 11.6. The van der Waals surface area contributed by atoms with Crippen molar-refractivity contribution in [3.05, 3.63) is 24.3 Å². The third-order valence-corrected chi connectivity index (χ3v) is 4.44. The van der Waals surface area contributed by atoms with Crippen LogP contribution in [-0.4, -0.2) is 21.4 Å². The number of hydrogen-bond donors (Lipinski definition) is 2. The molecule has 0 aliphatic heterocycles. The number of rotatable bonds is 10. The summed E-state index contributed by atoms with van der Waals surface area (Å²) in [6.45, 7) is 13.7. The first kappa shape index (κ1) is 23.8. The molecule has 0 aromatic heterocycles. The van der Waals surface area contributed by atoms with Crippen molar-refractivity contribution < 1.29 is 14.9 Å². The van der Waals surface area contributed by atoms with Gasteiger partial charge in [0, 0.05) is 6.07 Å². The van der Waals surface area contributed by atoms with Crippen molar-refractivity contribution in [2.24, 2.45) is 0 Å². The molecule has 1 aromatic carbocycles. The Morgan fingerprint density at radius 2 is 1.04 bits per heavy atom. The van der Waals surface area contributed by atoms with E-state index < -0.39 is 0 Å². The normalized spacial score (nSPS) is 11.8. The van der Waals surface area contributed by atoms with Gasteiger partial charge in [0.1, 0.15) is 11.5 Å². The average Bonchev–Trinajstić information content (AvgIpc) is 2.47. The highest BCUT2D eigenvalue weighted by Gasteiger charge is 2.33. The maximum atomic E-state index is 8.65. The van der Waals surface area contributed by atoms with Crippen LogP contribution in [-0.2, 0) is 4.74 Å². The third kappa shape index (κ3) is 10.4. The van der Waals surface area contributed by atoms with E-state index in [2.05, 4.69) is 41.5 Å². The molecule has 0 aliphatic carbocycles. The topological polar surface area (TPSA) is 49.7 Å². The van der Waals surface area contributed by atoms with Crippen molar-refractivity contribution in [1.82, 2.24) is 0 Å². The van der Waals surface area contributed by atoms with Gasteiger partial charge in [-0.3, -0.25) is 0 Å². The Hall–Kier alpha value is -1.22. The maximum absolute atomic E-state index is 8.65. The fraction of sp³-hybridized carbons (Fsp3) is 0.727. The van der Waals surface area contributed by atoms with Crippen molar-refractivity contribution in [2.45, 2.75) is 104 Å². The number of phenols is 2. The van der Waals surface area contributed by atoms with Crippen molar-refractivity contribution in [3.8, 4) is 11.5 Å². The SMILES string of the molecule is CCCC(C)(CCC)OC(C)(CCC)CCC.Oc1cccc(O)c1. The second-order valence-corrected chi connectivity index (χ2v) is 7.52. The minimum atomic E-state index is 0.0859. The monoisotopic (exact) mass is 352 g/mol. The molecule has 0 fully saturated rings. The largest absolute Gasteiger partial charge is 0.508 e. The molecule has 0 heterocycles. The Morgan fingerprint density at radius 1 is 0.720 bits per heavy atom. The highest BCUT2D eigenvalue weighted by atomic mass is 16.5. The van der Waals surface area contributed by atoms with E-state index in [4.69, 9.17) is 14.9 Å². The molecule has 0 saturated heterocycles. The van der Waals surface area contributed by atoms with Gasteiger partial charge >= 0.3 is 0 Å². The fourth-order valence-corrected chi connectivity index (χ4v) is 3.66. The van der Waals surface area contributed by atoms with Crippen LogP contribution >= 0.6 is 0 Å². The molecule has 3 nitrogen and oxygen atoms in total. The predicted molar refractivity (Wildman–Crippen MR) is 107 cm³/mol. The first-order valence-electron chi connectivity index (χ1n) is 9.92. The van der Waals surface area contributed by atoms with E-state index >= 15 is 0 Å². The summed E-state index contributed by atoms with van der Waals surface area (Å²) >= 11 is 0. The lowest BCUT2D eigenvalue weighted by molar-refractivity contribution is -0.155. The number of hydrogen-bond acceptors (Lipinski definition) is 3. The summed E-state index contributed by atoms with van der Waals surface area (Å²) in [6, 6.07) is 5.85.